The van der Waals surface area contributed by atoms with E-state index in [-0.39, 0.29) is 0 Å². The Balaban J connectivity index is 3.01. The van der Waals surface area contributed by atoms with Crippen molar-refractivity contribution in [2.24, 2.45) is 0 Å². The Morgan fingerprint density at radius 2 is 2.05 bits per heavy atom. The predicted octanol–water partition coefficient (Wildman–Crippen LogP) is -1.10. The van der Waals surface area contributed by atoms with E-state index in [9.17, 15) is 24.0 Å². The molecule has 0 fully saturated rings. The first kappa shape index (κ1) is 14.4. The van der Waals surface area contributed by atoms with Crippen LogP contribution in [0.15, 0.2) is 11.6 Å². The lowest BCUT2D eigenvalue weighted by Gasteiger charge is -2.13. The monoisotopic (exact) mass is 272 g/mol. The average Bonchev–Trinajstić information content (AvgIpc) is 2.33. The number of hydrogen-bond donors (Lipinski definition) is 1. The van der Waals surface area contributed by atoms with Gasteiger partial charge in [-0.15, -0.1) is 0 Å². The number of carboxylic acids is 1. The molecular weight excluding hydrogens is 264 g/mol. The summed E-state index contributed by atoms with van der Waals surface area (Å²) in [5.74, 6) is -5.18. The quantitative estimate of drug-likeness (QED) is 0.386. The second kappa shape index (κ2) is 6.28. The minimum Gasteiger partial charge on any atom is -0.478 e. The molecule has 1 heterocycles. The number of aldehydes is 1. The van der Waals surface area contributed by atoms with Gasteiger partial charge in [-0.25, -0.2) is 29.0 Å². The summed E-state index contributed by atoms with van der Waals surface area (Å²) in [7, 11) is 0. The second-order valence-electron chi connectivity index (χ2n) is 3.33. The van der Waals surface area contributed by atoms with Gasteiger partial charge in [0.2, 0.25) is 6.10 Å². The highest BCUT2D eigenvalue weighted by molar-refractivity contribution is 5.99. The molecule has 19 heavy (non-hydrogen) atoms. The Morgan fingerprint density at radius 1 is 1.37 bits per heavy atom. The standard InChI is InChI=1S/C10H8O9/c11-2-1-5-3-7(12)17-6(9(14)15)4-8(13)18-19-10(5)16/h2-3,6H,1,4H2,(H,14,15)/b5-3+. The van der Waals surface area contributed by atoms with E-state index >= 15 is 0 Å². The number of cyclic esters (lactones) is 1. The first-order valence-corrected chi connectivity index (χ1v) is 4.93. The van der Waals surface area contributed by atoms with Crippen LogP contribution in [-0.4, -0.2) is 41.4 Å². The van der Waals surface area contributed by atoms with Gasteiger partial charge >= 0.3 is 23.9 Å². The number of rotatable bonds is 3. The lowest BCUT2D eigenvalue weighted by atomic mass is 10.2. The number of hydrogen-bond acceptors (Lipinski definition) is 8. The molecule has 1 rings (SSSR count). The highest BCUT2D eigenvalue weighted by atomic mass is 17.2. The molecule has 0 aromatic heterocycles. The minimum absolute atomic E-state index is 0.308. The Bertz CT molecular complexity index is 462. The van der Waals surface area contributed by atoms with Gasteiger partial charge in [0.05, 0.1) is 12.0 Å². The van der Waals surface area contributed by atoms with Crippen LogP contribution in [0.1, 0.15) is 12.8 Å². The number of ether oxygens (including phenoxy) is 1. The van der Waals surface area contributed by atoms with Gasteiger partial charge in [-0.05, 0) is 0 Å². The minimum atomic E-state index is -1.77. The lowest BCUT2D eigenvalue weighted by Crippen LogP contribution is -2.31. The molecule has 0 radical (unpaired) electrons. The topological polar surface area (TPSA) is 133 Å². The lowest BCUT2D eigenvalue weighted by molar-refractivity contribution is -0.257. The average molecular weight is 272 g/mol. The number of esters is 1. The Labute approximate surface area is 105 Å². The largest absolute Gasteiger partial charge is 0.478 e. The van der Waals surface area contributed by atoms with Crippen molar-refractivity contribution in [3.05, 3.63) is 11.6 Å². The van der Waals surface area contributed by atoms with Crippen LogP contribution in [0.3, 0.4) is 0 Å². The number of carbonyl (C=O) groups is 5. The summed E-state index contributed by atoms with van der Waals surface area (Å²) in [6.45, 7) is 0. The molecule has 0 aromatic rings. The van der Waals surface area contributed by atoms with Gasteiger partial charge < -0.3 is 14.6 Å². The zero-order chi connectivity index (χ0) is 14.4. The van der Waals surface area contributed by atoms with Crippen molar-refractivity contribution in [3.8, 4) is 0 Å². The fourth-order valence-electron chi connectivity index (χ4n) is 1.11. The summed E-state index contributed by atoms with van der Waals surface area (Å²) in [6.07, 6.45) is -2.16. The van der Waals surface area contributed by atoms with Crippen LogP contribution in [-0.2, 0) is 38.5 Å². The van der Waals surface area contributed by atoms with Crippen molar-refractivity contribution in [2.75, 3.05) is 0 Å². The Hall–Kier alpha value is -2.71. The molecule has 0 saturated heterocycles. The SMILES string of the molecule is O=CC/C1=C\C(=O)OC(C(=O)O)CC(=O)OOC1=O. The maximum absolute atomic E-state index is 11.3. The highest BCUT2D eigenvalue weighted by Gasteiger charge is 2.29. The number of carboxylic acid groups (broad SMARTS) is 1. The molecule has 0 saturated carbocycles. The summed E-state index contributed by atoms with van der Waals surface area (Å²) < 4.78 is 4.44. The fourth-order valence-corrected chi connectivity index (χ4v) is 1.11. The van der Waals surface area contributed by atoms with E-state index in [0.29, 0.717) is 12.4 Å². The van der Waals surface area contributed by atoms with Gasteiger partial charge in [0.25, 0.3) is 0 Å². The first-order chi connectivity index (χ1) is 8.93. The Kier molecular flexibility index (Phi) is 4.75. The van der Waals surface area contributed by atoms with Gasteiger partial charge in [-0.2, -0.15) is 0 Å². The third kappa shape index (κ3) is 4.22. The van der Waals surface area contributed by atoms with Crippen LogP contribution < -0.4 is 0 Å². The predicted molar refractivity (Wildman–Crippen MR) is 53.1 cm³/mol. The fraction of sp³-hybridized carbons (Fsp3) is 0.300. The van der Waals surface area contributed by atoms with Crippen LogP contribution in [0.4, 0.5) is 0 Å². The third-order valence-electron chi connectivity index (χ3n) is 1.95. The molecule has 1 N–H and O–H groups in total. The maximum atomic E-state index is 11.3. The number of carbonyl (C=O) groups excluding carboxylic acids is 4. The number of aliphatic carboxylic acids is 1. The van der Waals surface area contributed by atoms with Crippen molar-refractivity contribution in [1.29, 1.82) is 0 Å². The van der Waals surface area contributed by atoms with Gasteiger partial charge in [0.15, 0.2) is 0 Å². The van der Waals surface area contributed by atoms with E-state index in [1.165, 1.54) is 0 Å². The van der Waals surface area contributed by atoms with Crippen LogP contribution in [0, 0.1) is 0 Å². The van der Waals surface area contributed by atoms with Crippen LogP contribution in [0.5, 0.6) is 0 Å². The van der Waals surface area contributed by atoms with E-state index in [2.05, 4.69) is 14.5 Å². The Morgan fingerprint density at radius 3 is 2.63 bits per heavy atom. The van der Waals surface area contributed by atoms with E-state index in [1.54, 1.807) is 0 Å². The van der Waals surface area contributed by atoms with Gasteiger partial charge in [-0.1, -0.05) is 0 Å². The van der Waals surface area contributed by atoms with Crippen LogP contribution in [0.2, 0.25) is 0 Å². The van der Waals surface area contributed by atoms with E-state index in [0.717, 1.165) is 0 Å². The molecule has 0 amide bonds. The molecule has 0 bridgehead atoms. The normalized spacial score (nSPS) is 23.3. The van der Waals surface area contributed by atoms with E-state index < -0.39 is 48.4 Å². The molecule has 1 aliphatic heterocycles. The molecule has 9 heteroatoms. The van der Waals surface area contributed by atoms with Crippen molar-refractivity contribution in [1.82, 2.24) is 0 Å². The summed E-state index contributed by atoms with van der Waals surface area (Å²) in [6, 6.07) is 0. The van der Waals surface area contributed by atoms with Crippen molar-refractivity contribution < 1.29 is 43.6 Å². The maximum Gasteiger partial charge on any atom is 0.383 e. The molecule has 102 valence electrons. The summed E-state index contributed by atoms with van der Waals surface area (Å²) >= 11 is 0. The molecular formula is C10H8O9. The summed E-state index contributed by atoms with van der Waals surface area (Å²) in [4.78, 5) is 62.8. The highest BCUT2D eigenvalue weighted by Crippen LogP contribution is 2.10. The molecule has 9 nitrogen and oxygen atoms in total. The summed E-state index contributed by atoms with van der Waals surface area (Å²) in [5, 5.41) is 8.70. The van der Waals surface area contributed by atoms with E-state index in [4.69, 9.17) is 5.11 Å². The third-order valence-corrected chi connectivity index (χ3v) is 1.95. The molecule has 1 atom stereocenters. The zero-order valence-electron chi connectivity index (χ0n) is 9.36. The second-order valence-corrected chi connectivity index (χ2v) is 3.33. The van der Waals surface area contributed by atoms with Crippen LogP contribution >= 0.6 is 0 Å². The van der Waals surface area contributed by atoms with E-state index in [1.807, 2.05) is 0 Å². The van der Waals surface area contributed by atoms with Crippen molar-refractivity contribution >= 4 is 30.2 Å². The molecule has 0 aliphatic carbocycles. The van der Waals surface area contributed by atoms with Gasteiger partial charge in [0, 0.05) is 12.5 Å². The van der Waals surface area contributed by atoms with Crippen molar-refractivity contribution in [2.45, 2.75) is 18.9 Å². The van der Waals surface area contributed by atoms with Gasteiger partial charge in [0.1, 0.15) is 6.29 Å². The molecule has 1 unspecified atom stereocenters. The first-order valence-electron chi connectivity index (χ1n) is 4.93. The molecule has 0 spiro atoms. The zero-order valence-corrected chi connectivity index (χ0v) is 9.36. The van der Waals surface area contributed by atoms with Crippen LogP contribution in [0.25, 0.3) is 0 Å². The smallest absolute Gasteiger partial charge is 0.383 e. The molecule has 0 aromatic carbocycles. The molecule has 1 aliphatic rings. The summed E-state index contributed by atoms with van der Waals surface area (Å²) in [5.41, 5.74) is -0.432. The van der Waals surface area contributed by atoms with Gasteiger partial charge in [-0.3, -0.25) is 0 Å². The van der Waals surface area contributed by atoms with Crippen molar-refractivity contribution in [3.63, 3.8) is 0 Å².